The molecule has 1 aliphatic heterocycles. The van der Waals surface area contributed by atoms with Crippen molar-refractivity contribution in [3.63, 3.8) is 0 Å². The first kappa shape index (κ1) is 18.7. The van der Waals surface area contributed by atoms with Crippen LogP contribution in [0.2, 0.25) is 0 Å². The van der Waals surface area contributed by atoms with Gasteiger partial charge in [0.05, 0.1) is 12.7 Å². The van der Waals surface area contributed by atoms with E-state index in [0.29, 0.717) is 5.92 Å². The number of guanidine groups is 1. The van der Waals surface area contributed by atoms with Crippen LogP contribution in [-0.4, -0.2) is 56.8 Å². The van der Waals surface area contributed by atoms with E-state index < -0.39 is 0 Å². The van der Waals surface area contributed by atoms with Gasteiger partial charge in [-0.25, -0.2) is 0 Å². The van der Waals surface area contributed by atoms with E-state index >= 15 is 0 Å². The van der Waals surface area contributed by atoms with Gasteiger partial charge in [-0.3, -0.25) is 9.89 Å². The zero-order chi connectivity index (χ0) is 17.4. The molecule has 0 saturated carbocycles. The van der Waals surface area contributed by atoms with E-state index in [9.17, 15) is 0 Å². The molecule has 0 bridgehead atoms. The summed E-state index contributed by atoms with van der Waals surface area (Å²) in [5.41, 5.74) is 2.58. The number of benzene rings is 1. The van der Waals surface area contributed by atoms with Crippen molar-refractivity contribution in [2.75, 3.05) is 39.8 Å². The molecule has 1 aromatic rings. The first-order valence-corrected chi connectivity index (χ1v) is 8.91. The van der Waals surface area contributed by atoms with E-state index in [4.69, 9.17) is 4.74 Å². The molecule has 134 valence electrons. The summed E-state index contributed by atoms with van der Waals surface area (Å²) >= 11 is 0. The van der Waals surface area contributed by atoms with Crippen LogP contribution >= 0.6 is 0 Å². The van der Waals surface area contributed by atoms with Crippen LogP contribution in [0.25, 0.3) is 0 Å². The van der Waals surface area contributed by atoms with Gasteiger partial charge in [-0.1, -0.05) is 38.1 Å². The summed E-state index contributed by atoms with van der Waals surface area (Å²) in [7, 11) is 1.81. The first-order chi connectivity index (χ1) is 11.6. The molecule has 1 unspecified atom stereocenters. The molecule has 5 nitrogen and oxygen atoms in total. The molecule has 2 N–H and O–H groups in total. The number of morpholine rings is 1. The highest BCUT2D eigenvalue weighted by atomic mass is 16.5. The molecule has 1 atom stereocenters. The zero-order valence-electron chi connectivity index (χ0n) is 15.5. The third-order valence-electron chi connectivity index (χ3n) is 4.27. The number of hydrogen-bond donors (Lipinski definition) is 2. The predicted molar refractivity (Wildman–Crippen MR) is 100 cm³/mol. The highest BCUT2D eigenvalue weighted by molar-refractivity contribution is 5.79. The summed E-state index contributed by atoms with van der Waals surface area (Å²) in [6, 6.07) is 8.41. The largest absolute Gasteiger partial charge is 0.374 e. The molecule has 5 heteroatoms. The minimum Gasteiger partial charge on any atom is -0.374 e. The van der Waals surface area contributed by atoms with Gasteiger partial charge in [0.15, 0.2) is 5.96 Å². The lowest BCUT2D eigenvalue weighted by molar-refractivity contribution is -0.0284. The molecule has 2 rings (SSSR count). The summed E-state index contributed by atoms with van der Waals surface area (Å²) in [5, 5.41) is 6.77. The summed E-state index contributed by atoms with van der Waals surface area (Å²) in [6.07, 6.45) is 0.217. The fourth-order valence-corrected chi connectivity index (χ4v) is 3.00. The molecular formula is C19H32N4O. The number of aryl methyl sites for hydroxylation is 1. The monoisotopic (exact) mass is 332 g/mol. The van der Waals surface area contributed by atoms with Gasteiger partial charge in [0.2, 0.25) is 0 Å². The fraction of sp³-hybridized carbons (Fsp3) is 0.632. The average Bonchev–Trinajstić information content (AvgIpc) is 2.56. The minimum absolute atomic E-state index is 0.217. The molecule has 0 radical (unpaired) electrons. The molecule has 1 aromatic carbocycles. The van der Waals surface area contributed by atoms with Crippen LogP contribution in [-0.2, 0) is 11.3 Å². The van der Waals surface area contributed by atoms with Crippen LogP contribution in [0, 0.1) is 12.8 Å². The lowest BCUT2D eigenvalue weighted by atomic mass is 10.1. The summed E-state index contributed by atoms with van der Waals surface area (Å²) in [4.78, 5) is 6.80. The van der Waals surface area contributed by atoms with Gasteiger partial charge in [-0.15, -0.1) is 0 Å². The Morgan fingerprint density at radius 1 is 1.33 bits per heavy atom. The number of aliphatic imine (C=N–C) groups is 1. The third-order valence-corrected chi connectivity index (χ3v) is 4.27. The molecule has 24 heavy (non-hydrogen) atoms. The Labute approximate surface area is 146 Å². The van der Waals surface area contributed by atoms with Crippen molar-refractivity contribution in [3.05, 3.63) is 35.4 Å². The molecule has 0 aliphatic carbocycles. The van der Waals surface area contributed by atoms with Crippen LogP contribution in [0.1, 0.15) is 25.0 Å². The maximum absolute atomic E-state index is 5.88. The van der Waals surface area contributed by atoms with Crippen molar-refractivity contribution in [1.82, 2.24) is 15.5 Å². The Kier molecular flexibility index (Phi) is 7.53. The highest BCUT2D eigenvalue weighted by Gasteiger charge is 2.21. The fourth-order valence-electron chi connectivity index (χ4n) is 3.00. The molecule has 1 aliphatic rings. The number of hydrogen-bond acceptors (Lipinski definition) is 3. The van der Waals surface area contributed by atoms with E-state index in [1.54, 1.807) is 7.05 Å². The van der Waals surface area contributed by atoms with E-state index in [2.05, 4.69) is 65.6 Å². The number of nitrogens with zero attached hydrogens (tertiary/aromatic N) is 2. The lowest BCUT2D eigenvalue weighted by Gasteiger charge is -2.34. The molecule has 0 aromatic heterocycles. The SMILES string of the molecule is CN=C(NCc1ccccc1C)NCC1CN(CC(C)C)CCO1. The predicted octanol–water partition coefficient (Wildman–Crippen LogP) is 2.02. The van der Waals surface area contributed by atoms with Gasteiger partial charge in [-0.2, -0.15) is 0 Å². The zero-order valence-corrected chi connectivity index (χ0v) is 15.5. The standard InChI is InChI=1S/C19H32N4O/c1-15(2)13-23-9-10-24-18(14-23)12-22-19(20-4)21-11-17-8-6-5-7-16(17)3/h5-8,15,18H,9-14H2,1-4H3,(H2,20,21,22). The van der Waals surface area contributed by atoms with Gasteiger partial charge >= 0.3 is 0 Å². The second-order valence-electron chi connectivity index (χ2n) is 6.88. The van der Waals surface area contributed by atoms with Crippen LogP contribution < -0.4 is 10.6 Å². The number of ether oxygens (including phenoxy) is 1. The van der Waals surface area contributed by atoms with Crippen LogP contribution in [0.15, 0.2) is 29.3 Å². The van der Waals surface area contributed by atoms with Crippen LogP contribution in [0.3, 0.4) is 0 Å². The van der Waals surface area contributed by atoms with Crippen molar-refractivity contribution >= 4 is 5.96 Å². The van der Waals surface area contributed by atoms with Crippen molar-refractivity contribution in [2.24, 2.45) is 10.9 Å². The Morgan fingerprint density at radius 3 is 2.83 bits per heavy atom. The topological polar surface area (TPSA) is 48.9 Å². The Morgan fingerprint density at radius 2 is 2.12 bits per heavy atom. The smallest absolute Gasteiger partial charge is 0.191 e. The summed E-state index contributed by atoms with van der Waals surface area (Å²) in [6.45, 7) is 12.2. The molecule has 0 amide bonds. The van der Waals surface area contributed by atoms with Gasteiger partial charge < -0.3 is 15.4 Å². The number of nitrogens with one attached hydrogen (secondary N) is 2. The van der Waals surface area contributed by atoms with Crippen molar-refractivity contribution in [3.8, 4) is 0 Å². The molecular weight excluding hydrogens is 300 g/mol. The Hall–Kier alpha value is -1.59. The maximum atomic E-state index is 5.88. The quantitative estimate of drug-likeness (QED) is 0.618. The normalized spacial score (nSPS) is 19.5. The second-order valence-corrected chi connectivity index (χ2v) is 6.88. The van der Waals surface area contributed by atoms with E-state index in [-0.39, 0.29) is 6.10 Å². The first-order valence-electron chi connectivity index (χ1n) is 8.91. The second kappa shape index (κ2) is 9.64. The van der Waals surface area contributed by atoms with Gasteiger partial charge in [0.1, 0.15) is 0 Å². The number of rotatable bonds is 6. The maximum Gasteiger partial charge on any atom is 0.191 e. The van der Waals surface area contributed by atoms with E-state index in [1.165, 1.54) is 11.1 Å². The average molecular weight is 332 g/mol. The van der Waals surface area contributed by atoms with Crippen LogP contribution in [0.4, 0.5) is 0 Å². The van der Waals surface area contributed by atoms with Crippen molar-refractivity contribution < 1.29 is 4.74 Å². The molecule has 0 spiro atoms. The molecule has 1 fully saturated rings. The van der Waals surface area contributed by atoms with Crippen LogP contribution in [0.5, 0.6) is 0 Å². The van der Waals surface area contributed by atoms with E-state index in [1.807, 2.05) is 0 Å². The van der Waals surface area contributed by atoms with Crippen molar-refractivity contribution in [1.29, 1.82) is 0 Å². The van der Waals surface area contributed by atoms with Gasteiger partial charge in [-0.05, 0) is 24.0 Å². The van der Waals surface area contributed by atoms with Gasteiger partial charge in [0, 0.05) is 39.8 Å². The van der Waals surface area contributed by atoms with Gasteiger partial charge in [0.25, 0.3) is 0 Å². The Balaban J connectivity index is 1.76. The highest BCUT2D eigenvalue weighted by Crippen LogP contribution is 2.08. The molecule has 1 heterocycles. The van der Waals surface area contributed by atoms with E-state index in [0.717, 1.165) is 45.3 Å². The minimum atomic E-state index is 0.217. The lowest BCUT2D eigenvalue weighted by Crippen LogP contribution is -2.50. The summed E-state index contributed by atoms with van der Waals surface area (Å²) in [5.74, 6) is 1.52. The Bertz CT molecular complexity index is 530. The van der Waals surface area contributed by atoms with Crippen molar-refractivity contribution in [2.45, 2.75) is 33.4 Å². The molecule has 1 saturated heterocycles. The summed E-state index contributed by atoms with van der Waals surface area (Å²) < 4.78 is 5.88. The third kappa shape index (κ3) is 6.13.